The van der Waals surface area contributed by atoms with Gasteiger partial charge in [0.1, 0.15) is 17.5 Å². The van der Waals surface area contributed by atoms with Crippen molar-refractivity contribution in [3.8, 4) is 5.75 Å². The molecule has 0 radical (unpaired) electrons. The minimum absolute atomic E-state index is 0.0456. The number of ether oxygens (including phenoxy) is 2. The first-order chi connectivity index (χ1) is 11.2. The van der Waals surface area contributed by atoms with Crippen molar-refractivity contribution in [1.29, 1.82) is 0 Å². The van der Waals surface area contributed by atoms with Gasteiger partial charge in [-0.25, -0.2) is 4.98 Å². The molecule has 1 aliphatic heterocycles. The lowest BCUT2D eigenvalue weighted by atomic mass is 10.1. The molecule has 2 aromatic rings. The Morgan fingerprint density at radius 3 is 3.04 bits per heavy atom. The van der Waals surface area contributed by atoms with E-state index in [4.69, 9.17) is 9.47 Å². The van der Waals surface area contributed by atoms with Crippen LogP contribution >= 0.6 is 0 Å². The quantitative estimate of drug-likeness (QED) is 0.795. The second kappa shape index (κ2) is 7.33. The fraction of sp³-hybridized carbons (Fsp3) is 0.389. The van der Waals surface area contributed by atoms with Crippen molar-refractivity contribution in [1.82, 2.24) is 9.97 Å². The number of aryl methyl sites for hydroxylation is 1. The van der Waals surface area contributed by atoms with Gasteiger partial charge in [0.2, 0.25) is 0 Å². The minimum atomic E-state index is -0.0582. The molecular formula is C18H20N2O3. The molecule has 0 amide bonds. The van der Waals surface area contributed by atoms with Crippen LogP contribution in [-0.2, 0) is 11.2 Å². The maximum Gasteiger partial charge on any atom is 0.187 e. The van der Waals surface area contributed by atoms with Crippen LogP contribution in [0.25, 0.3) is 0 Å². The van der Waals surface area contributed by atoms with E-state index >= 15 is 0 Å². The molecule has 1 saturated heterocycles. The van der Waals surface area contributed by atoms with Crippen molar-refractivity contribution < 1.29 is 14.3 Å². The molecule has 0 saturated carbocycles. The summed E-state index contributed by atoms with van der Waals surface area (Å²) in [4.78, 5) is 20.9. The average molecular weight is 312 g/mol. The van der Waals surface area contributed by atoms with Crippen LogP contribution in [-0.4, -0.2) is 35.1 Å². The van der Waals surface area contributed by atoms with Crippen LogP contribution in [0, 0.1) is 6.92 Å². The Hall–Kier alpha value is -2.27. The molecule has 0 bridgehead atoms. The van der Waals surface area contributed by atoms with Gasteiger partial charge in [-0.3, -0.25) is 9.78 Å². The van der Waals surface area contributed by atoms with Crippen LogP contribution in [0.2, 0.25) is 0 Å². The van der Waals surface area contributed by atoms with E-state index in [9.17, 15) is 4.79 Å². The zero-order chi connectivity index (χ0) is 16.1. The predicted molar refractivity (Wildman–Crippen MR) is 85.7 cm³/mol. The number of hydrogen-bond donors (Lipinski definition) is 0. The van der Waals surface area contributed by atoms with Crippen molar-refractivity contribution in [2.45, 2.75) is 32.3 Å². The van der Waals surface area contributed by atoms with Crippen LogP contribution in [0.5, 0.6) is 5.75 Å². The standard InChI is InChI=1S/C18H20N2O3/c1-13-9-16(23-15-6-4-8-22-12-15)11-17(20-13)18(21)10-14-5-2-3-7-19-14/h2-3,5,7,9,11,15H,4,6,8,10,12H2,1H3/t15-/m1/s1. The van der Waals surface area contributed by atoms with Gasteiger partial charge >= 0.3 is 0 Å². The number of Topliss-reactive ketones (excluding diaryl/α,β-unsaturated/α-hetero) is 1. The molecule has 1 aliphatic rings. The molecule has 3 heterocycles. The molecule has 5 nitrogen and oxygen atoms in total. The Kier molecular flexibility index (Phi) is 4.98. The molecule has 0 aromatic carbocycles. The highest BCUT2D eigenvalue weighted by atomic mass is 16.5. The van der Waals surface area contributed by atoms with Crippen molar-refractivity contribution in [2.75, 3.05) is 13.2 Å². The Balaban J connectivity index is 1.72. The van der Waals surface area contributed by atoms with Crippen LogP contribution in [0.3, 0.4) is 0 Å². The van der Waals surface area contributed by atoms with E-state index in [0.717, 1.165) is 30.8 Å². The summed E-state index contributed by atoms with van der Waals surface area (Å²) in [7, 11) is 0. The highest BCUT2D eigenvalue weighted by Gasteiger charge is 2.17. The van der Waals surface area contributed by atoms with Crippen molar-refractivity contribution in [2.24, 2.45) is 0 Å². The van der Waals surface area contributed by atoms with Gasteiger partial charge in [0.05, 0.1) is 13.0 Å². The van der Waals surface area contributed by atoms with Gasteiger partial charge in [0, 0.05) is 36.3 Å². The predicted octanol–water partition coefficient (Wildman–Crippen LogP) is 2.77. The number of rotatable bonds is 5. The van der Waals surface area contributed by atoms with Crippen molar-refractivity contribution in [3.63, 3.8) is 0 Å². The second-order valence-corrected chi connectivity index (χ2v) is 5.71. The molecule has 2 aromatic heterocycles. The fourth-order valence-corrected chi connectivity index (χ4v) is 2.60. The normalized spacial score (nSPS) is 17.7. The molecule has 1 fully saturated rings. The Bertz CT molecular complexity index is 667. The lowest BCUT2D eigenvalue weighted by Crippen LogP contribution is -2.28. The summed E-state index contributed by atoms with van der Waals surface area (Å²) in [6, 6.07) is 9.11. The highest BCUT2D eigenvalue weighted by Crippen LogP contribution is 2.20. The molecule has 0 spiro atoms. The lowest BCUT2D eigenvalue weighted by molar-refractivity contribution is 0.00734. The second-order valence-electron chi connectivity index (χ2n) is 5.71. The van der Waals surface area contributed by atoms with E-state index in [-0.39, 0.29) is 18.3 Å². The maximum atomic E-state index is 12.4. The van der Waals surface area contributed by atoms with E-state index < -0.39 is 0 Å². The minimum Gasteiger partial charge on any atom is -0.488 e. The number of carbonyl (C=O) groups excluding carboxylic acids is 1. The molecule has 0 N–H and O–H groups in total. The third-order valence-corrected chi connectivity index (χ3v) is 3.70. The highest BCUT2D eigenvalue weighted by molar-refractivity contribution is 5.95. The van der Waals surface area contributed by atoms with E-state index in [1.54, 1.807) is 12.3 Å². The molecule has 5 heteroatoms. The number of nitrogens with zero attached hydrogens (tertiary/aromatic N) is 2. The van der Waals surface area contributed by atoms with E-state index in [1.165, 1.54) is 0 Å². The summed E-state index contributed by atoms with van der Waals surface area (Å²) in [5, 5.41) is 0. The molecular weight excluding hydrogens is 292 g/mol. The van der Waals surface area contributed by atoms with Gasteiger partial charge in [-0.15, -0.1) is 0 Å². The molecule has 0 aliphatic carbocycles. The number of aromatic nitrogens is 2. The van der Waals surface area contributed by atoms with Crippen molar-refractivity contribution >= 4 is 5.78 Å². The Morgan fingerprint density at radius 1 is 1.39 bits per heavy atom. The van der Waals surface area contributed by atoms with Gasteiger partial charge in [0.25, 0.3) is 0 Å². The number of carbonyl (C=O) groups is 1. The number of pyridine rings is 2. The molecule has 0 unspecified atom stereocenters. The zero-order valence-corrected chi connectivity index (χ0v) is 13.2. The van der Waals surface area contributed by atoms with E-state index in [1.807, 2.05) is 31.2 Å². The average Bonchev–Trinajstić information content (AvgIpc) is 2.56. The topological polar surface area (TPSA) is 61.3 Å². The molecule has 1 atom stereocenters. The van der Waals surface area contributed by atoms with Crippen molar-refractivity contribution in [3.05, 3.63) is 53.6 Å². The number of ketones is 1. The van der Waals surface area contributed by atoms with E-state index in [0.29, 0.717) is 18.1 Å². The SMILES string of the molecule is Cc1cc(O[C@@H]2CCCOC2)cc(C(=O)Cc2ccccn2)n1. The van der Waals surface area contributed by atoms with Gasteiger partial charge in [-0.1, -0.05) is 6.07 Å². The third kappa shape index (κ3) is 4.36. The van der Waals surface area contributed by atoms with Gasteiger partial charge in [-0.05, 0) is 31.9 Å². The first-order valence-corrected chi connectivity index (χ1v) is 7.87. The first-order valence-electron chi connectivity index (χ1n) is 7.87. The third-order valence-electron chi connectivity index (χ3n) is 3.70. The van der Waals surface area contributed by atoms with Crippen LogP contribution in [0.15, 0.2) is 36.5 Å². The smallest absolute Gasteiger partial charge is 0.187 e. The summed E-state index contributed by atoms with van der Waals surface area (Å²) in [5.41, 5.74) is 1.93. The molecule has 3 rings (SSSR count). The van der Waals surface area contributed by atoms with Crippen LogP contribution in [0.1, 0.15) is 34.7 Å². The first kappa shape index (κ1) is 15.6. The summed E-state index contributed by atoms with van der Waals surface area (Å²) in [6.45, 7) is 3.25. The Labute approximate surface area is 135 Å². The largest absolute Gasteiger partial charge is 0.488 e. The van der Waals surface area contributed by atoms with Gasteiger partial charge < -0.3 is 9.47 Å². The van der Waals surface area contributed by atoms with Crippen LogP contribution < -0.4 is 4.74 Å². The van der Waals surface area contributed by atoms with E-state index in [2.05, 4.69) is 9.97 Å². The maximum absolute atomic E-state index is 12.4. The lowest BCUT2D eigenvalue weighted by Gasteiger charge is -2.23. The summed E-state index contributed by atoms with van der Waals surface area (Å²) in [6.07, 6.45) is 3.94. The summed E-state index contributed by atoms with van der Waals surface area (Å²) in [5.74, 6) is 0.620. The fourth-order valence-electron chi connectivity index (χ4n) is 2.60. The summed E-state index contributed by atoms with van der Waals surface area (Å²) >= 11 is 0. The van der Waals surface area contributed by atoms with Crippen LogP contribution in [0.4, 0.5) is 0 Å². The molecule has 23 heavy (non-hydrogen) atoms. The molecule has 120 valence electrons. The summed E-state index contributed by atoms with van der Waals surface area (Å²) < 4.78 is 11.4. The number of hydrogen-bond acceptors (Lipinski definition) is 5. The Morgan fingerprint density at radius 2 is 2.30 bits per heavy atom. The van der Waals surface area contributed by atoms with Gasteiger partial charge in [-0.2, -0.15) is 0 Å². The zero-order valence-electron chi connectivity index (χ0n) is 13.2. The van der Waals surface area contributed by atoms with Gasteiger partial charge in [0.15, 0.2) is 5.78 Å². The monoisotopic (exact) mass is 312 g/mol.